The molecule has 0 unspecified atom stereocenters. The van der Waals surface area contributed by atoms with Gasteiger partial charge in [-0.2, -0.15) is 9.46 Å². The summed E-state index contributed by atoms with van der Waals surface area (Å²) in [7, 11) is 0. The predicted molar refractivity (Wildman–Crippen MR) is 133 cm³/mol. The van der Waals surface area contributed by atoms with E-state index in [1.54, 1.807) is 72.8 Å². The van der Waals surface area contributed by atoms with Crippen molar-refractivity contribution in [2.45, 2.75) is 0 Å². The van der Waals surface area contributed by atoms with Crippen LogP contribution < -0.4 is 0 Å². The standard InChI is InChI=1S/2C5H5NOS.2C5H4NOS/c4*7-6-4-2-1-3-5(6)8/h2*1-4,7H;2*1-4H/q;;2*-1. The van der Waals surface area contributed by atoms with E-state index in [0.29, 0.717) is 28.0 Å². The number of hydrogen-bond donors (Lipinski definition) is 2. The van der Waals surface area contributed by atoms with Gasteiger partial charge in [0.05, 0.1) is 0 Å². The van der Waals surface area contributed by atoms with E-state index in [1.807, 2.05) is 0 Å². The first-order chi connectivity index (χ1) is 15.2. The van der Waals surface area contributed by atoms with Crippen molar-refractivity contribution < 1.29 is 10.4 Å². The lowest BCUT2D eigenvalue weighted by Crippen LogP contribution is -1.89. The molecular formula is C20H18N4O4S4-2. The lowest BCUT2D eigenvalue weighted by atomic mass is 10.5. The highest BCUT2D eigenvalue weighted by Crippen LogP contribution is 1.89. The van der Waals surface area contributed by atoms with Gasteiger partial charge in [-0.1, -0.05) is 73.1 Å². The minimum Gasteiger partial charge on any atom is -0.805 e. The summed E-state index contributed by atoms with van der Waals surface area (Å²) in [6.07, 6.45) is 5.73. The lowest BCUT2D eigenvalue weighted by Gasteiger charge is -2.06. The van der Waals surface area contributed by atoms with E-state index in [1.165, 1.54) is 24.8 Å². The average Bonchev–Trinajstić information content (AvgIpc) is 2.78. The topological polar surface area (TPSA) is 106 Å². The van der Waals surface area contributed by atoms with Crippen molar-refractivity contribution in [2.75, 3.05) is 0 Å². The van der Waals surface area contributed by atoms with Gasteiger partial charge in [0.2, 0.25) is 0 Å². The maximum absolute atomic E-state index is 10.4. The Morgan fingerprint density at radius 1 is 0.469 bits per heavy atom. The molecule has 0 aliphatic carbocycles. The Labute approximate surface area is 204 Å². The fraction of sp³-hybridized carbons (Fsp3) is 0. The van der Waals surface area contributed by atoms with E-state index in [2.05, 4.69) is 48.9 Å². The van der Waals surface area contributed by atoms with Crippen LogP contribution in [0.1, 0.15) is 0 Å². The molecular weight excluding hydrogens is 489 g/mol. The van der Waals surface area contributed by atoms with Crippen molar-refractivity contribution >= 4 is 48.9 Å². The third-order valence-corrected chi connectivity index (χ3v) is 4.46. The van der Waals surface area contributed by atoms with Crippen LogP contribution in [0.5, 0.6) is 0 Å². The van der Waals surface area contributed by atoms with Gasteiger partial charge in [0.25, 0.3) is 0 Å². The largest absolute Gasteiger partial charge is 0.805 e. The Morgan fingerprint density at radius 2 is 0.750 bits per heavy atom. The van der Waals surface area contributed by atoms with Gasteiger partial charge in [0.15, 0.2) is 0 Å². The predicted octanol–water partition coefficient (Wildman–Crippen LogP) is 6.04. The number of rotatable bonds is 0. The average molecular weight is 507 g/mol. The first-order valence-corrected chi connectivity index (χ1v) is 10.3. The number of hydrogen-bond acceptors (Lipinski definition) is 8. The van der Waals surface area contributed by atoms with Crippen LogP contribution in [-0.2, 0) is 0 Å². The van der Waals surface area contributed by atoms with Crippen LogP contribution in [-0.4, -0.2) is 29.3 Å². The molecule has 0 atom stereocenters. The number of aromatic nitrogens is 4. The Hall–Kier alpha value is -3.32. The minimum atomic E-state index is 0.313. The molecule has 0 radical (unpaired) electrons. The molecule has 0 amide bonds. The van der Waals surface area contributed by atoms with Crippen LogP contribution in [0.3, 0.4) is 0 Å². The summed E-state index contributed by atoms with van der Waals surface area (Å²) in [6, 6.07) is 20.2. The van der Waals surface area contributed by atoms with Gasteiger partial charge >= 0.3 is 0 Å². The zero-order valence-electron chi connectivity index (χ0n) is 16.4. The van der Waals surface area contributed by atoms with Crippen LogP contribution in [0.4, 0.5) is 0 Å². The van der Waals surface area contributed by atoms with Gasteiger partial charge in [-0.05, 0) is 60.9 Å². The summed E-state index contributed by atoms with van der Waals surface area (Å²) in [6.45, 7) is 0. The summed E-state index contributed by atoms with van der Waals surface area (Å²) in [5.41, 5.74) is 0. The Balaban J connectivity index is 0.000000213. The van der Waals surface area contributed by atoms with Crippen molar-refractivity contribution in [1.82, 2.24) is 18.9 Å². The third kappa shape index (κ3) is 10.6. The summed E-state index contributed by atoms with van der Waals surface area (Å²) < 4.78 is 4.56. The van der Waals surface area contributed by atoms with Gasteiger partial charge in [0.1, 0.15) is 18.6 Å². The van der Waals surface area contributed by atoms with Crippen LogP contribution in [0, 0.1) is 29.0 Å². The van der Waals surface area contributed by atoms with Crippen LogP contribution in [0.15, 0.2) is 97.6 Å². The van der Waals surface area contributed by atoms with E-state index < -0.39 is 0 Å². The van der Waals surface area contributed by atoms with Crippen molar-refractivity contribution in [1.29, 1.82) is 0 Å². The zero-order valence-corrected chi connectivity index (χ0v) is 19.6. The summed E-state index contributed by atoms with van der Waals surface area (Å²) in [4.78, 5) is 0. The normalized spacial score (nSPS) is 9.00. The monoisotopic (exact) mass is 506 g/mol. The molecule has 0 bridgehead atoms. The molecule has 32 heavy (non-hydrogen) atoms. The molecule has 4 rings (SSSR count). The van der Waals surface area contributed by atoms with E-state index in [9.17, 15) is 10.4 Å². The molecule has 0 fully saturated rings. The first-order valence-electron chi connectivity index (χ1n) is 8.66. The molecule has 0 aliphatic heterocycles. The second-order valence-corrected chi connectivity index (χ2v) is 7.17. The molecule has 0 aliphatic rings. The van der Waals surface area contributed by atoms with Gasteiger partial charge in [-0.25, -0.2) is 0 Å². The molecule has 2 N–H and O–H groups in total. The molecule has 4 aromatic heterocycles. The fourth-order valence-corrected chi connectivity index (χ4v) is 2.22. The summed E-state index contributed by atoms with van der Waals surface area (Å²) in [5.74, 6) is 0. The SMILES string of the molecule is On1ccccc1=S.On1ccccc1=S.[O-]n1ccccc1=S.[O-]n1ccccc1=S. The summed E-state index contributed by atoms with van der Waals surface area (Å²) in [5, 5.41) is 38.3. The Morgan fingerprint density at radius 3 is 0.906 bits per heavy atom. The molecule has 0 saturated carbocycles. The third-order valence-electron chi connectivity index (χ3n) is 3.18. The minimum absolute atomic E-state index is 0.313. The second kappa shape index (κ2) is 14.6. The maximum Gasteiger partial charge on any atom is 0.142 e. The van der Waals surface area contributed by atoms with Crippen LogP contribution in [0.2, 0.25) is 0 Å². The van der Waals surface area contributed by atoms with Crippen molar-refractivity contribution in [3.05, 3.63) is 127 Å². The number of pyridine rings is 4. The second-order valence-electron chi connectivity index (χ2n) is 5.50. The fourth-order valence-electron chi connectivity index (χ4n) is 1.66. The lowest BCUT2D eigenvalue weighted by molar-refractivity contribution is 0.180. The van der Waals surface area contributed by atoms with E-state index in [-0.39, 0.29) is 0 Å². The molecule has 0 aromatic carbocycles. The molecule has 0 spiro atoms. The van der Waals surface area contributed by atoms with Crippen molar-refractivity contribution in [3.8, 4) is 0 Å². The number of nitrogens with zero attached hydrogens (tertiary/aromatic N) is 4. The first kappa shape index (κ1) is 26.7. The highest BCUT2D eigenvalue weighted by atomic mass is 32.1. The molecule has 8 nitrogen and oxygen atoms in total. The Kier molecular flexibility index (Phi) is 12.2. The zero-order chi connectivity index (χ0) is 23.9. The highest BCUT2D eigenvalue weighted by molar-refractivity contribution is 7.72. The van der Waals surface area contributed by atoms with E-state index >= 15 is 0 Å². The molecule has 12 heteroatoms. The van der Waals surface area contributed by atoms with Crippen molar-refractivity contribution in [3.63, 3.8) is 0 Å². The van der Waals surface area contributed by atoms with Crippen LogP contribution >= 0.6 is 48.9 Å². The van der Waals surface area contributed by atoms with Gasteiger partial charge in [0, 0.05) is 12.4 Å². The summed E-state index contributed by atoms with van der Waals surface area (Å²) >= 11 is 18.5. The van der Waals surface area contributed by atoms with Gasteiger partial charge in [-0.3, -0.25) is 0 Å². The maximum atomic E-state index is 10.4. The van der Waals surface area contributed by atoms with Gasteiger partial charge in [-0.15, -0.1) is 0 Å². The van der Waals surface area contributed by atoms with Gasteiger partial charge < -0.3 is 30.3 Å². The smallest absolute Gasteiger partial charge is 0.142 e. The van der Waals surface area contributed by atoms with E-state index in [0.717, 1.165) is 9.46 Å². The van der Waals surface area contributed by atoms with E-state index in [4.69, 9.17) is 10.4 Å². The molecule has 168 valence electrons. The molecule has 4 aromatic rings. The molecule has 4 heterocycles. The highest BCUT2D eigenvalue weighted by Gasteiger charge is 1.78. The van der Waals surface area contributed by atoms with Crippen LogP contribution in [0.25, 0.3) is 0 Å². The quantitative estimate of drug-likeness (QED) is 0.220. The Bertz CT molecular complexity index is 1130. The van der Waals surface area contributed by atoms with Crippen molar-refractivity contribution in [2.24, 2.45) is 0 Å². The molecule has 0 saturated heterocycles.